The van der Waals surface area contributed by atoms with Gasteiger partial charge in [0.1, 0.15) is 11.6 Å². The number of nitrogens with one attached hydrogen (secondary N) is 1. The molecule has 4 nitrogen and oxygen atoms in total. The van der Waals surface area contributed by atoms with Gasteiger partial charge in [-0.2, -0.15) is 0 Å². The Morgan fingerprint density at radius 2 is 1.75 bits per heavy atom. The van der Waals surface area contributed by atoms with Crippen LogP contribution in [-0.4, -0.2) is 27.7 Å². The molecule has 2 N–H and O–H groups in total. The molecular formula is C20H23N3O. The van der Waals surface area contributed by atoms with Gasteiger partial charge in [0.05, 0.1) is 18.2 Å². The third-order valence-corrected chi connectivity index (χ3v) is 4.01. The average molecular weight is 321 g/mol. The molecule has 0 radical (unpaired) electrons. The molecule has 0 spiro atoms. The molecule has 3 rings (SSSR count). The van der Waals surface area contributed by atoms with Crippen molar-refractivity contribution in [1.82, 2.24) is 9.97 Å². The van der Waals surface area contributed by atoms with Crippen LogP contribution >= 0.6 is 0 Å². The fraction of sp³-hybridized carbons (Fsp3) is 0.300. The van der Waals surface area contributed by atoms with Crippen molar-refractivity contribution in [2.24, 2.45) is 0 Å². The number of aliphatic hydroxyl groups excluding tert-OH is 1. The summed E-state index contributed by atoms with van der Waals surface area (Å²) < 4.78 is 0. The number of nitrogens with zero attached hydrogens (tertiary/aromatic N) is 2. The molecule has 1 atom stereocenters. The number of aryl methyl sites for hydroxylation is 1. The first-order valence-corrected chi connectivity index (χ1v) is 8.47. The maximum absolute atomic E-state index is 9.79. The van der Waals surface area contributed by atoms with Gasteiger partial charge in [-0.1, -0.05) is 49.4 Å². The molecule has 24 heavy (non-hydrogen) atoms. The van der Waals surface area contributed by atoms with Crippen molar-refractivity contribution in [3.63, 3.8) is 0 Å². The molecule has 0 saturated heterocycles. The van der Waals surface area contributed by atoms with Crippen LogP contribution in [0.3, 0.4) is 0 Å². The van der Waals surface area contributed by atoms with Gasteiger partial charge in [0.2, 0.25) is 0 Å². The summed E-state index contributed by atoms with van der Waals surface area (Å²) in [7, 11) is 0. The first-order valence-electron chi connectivity index (χ1n) is 8.47. The third-order valence-electron chi connectivity index (χ3n) is 4.01. The number of aromatic nitrogens is 2. The number of fused-ring (bicyclic) bond motifs is 1. The van der Waals surface area contributed by atoms with Crippen LogP contribution in [0.25, 0.3) is 10.9 Å². The van der Waals surface area contributed by atoms with E-state index in [1.807, 2.05) is 42.5 Å². The molecular weight excluding hydrogens is 298 g/mol. The molecule has 0 saturated carbocycles. The van der Waals surface area contributed by atoms with Gasteiger partial charge in [0.25, 0.3) is 0 Å². The molecule has 1 heterocycles. The van der Waals surface area contributed by atoms with Crippen LogP contribution in [0.15, 0.2) is 54.6 Å². The van der Waals surface area contributed by atoms with Crippen molar-refractivity contribution in [3.05, 3.63) is 66.0 Å². The number of para-hydroxylation sites is 1. The van der Waals surface area contributed by atoms with E-state index in [1.165, 1.54) is 5.56 Å². The highest BCUT2D eigenvalue weighted by atomic mass is 16.3. The van der Waals surface area contributed by atoms with Crippen molar-refractivity contribution in [2.75, 3.05) is 11.9 Å². The van der Waals surface area contributed by atoms with Gasteiger partial charge < -0.3 is 10.4 Å². The van der Waals surface area contributed by atoms with E-state index in [0.29, 0.717) is 0 Å². The lowest BCUT2D eigenvalue weighted by Gasteiger charge is -2.19. The predicted molar refractivity (Wildman–Crippen MR) is 98.2 cm³/mol. The Labute approximate surface area is 142 Å². The summed E-state index contributed by atoms with van der Waals surface area (Å²) in [5, 5.41) is 14.2. The minimum absolute atomic E-state index is 0.0519. The Morgan fingerprint density at radius 1 is 1.00 bits per heavy atom. The molecule has 0 bridgehead atoms. The maximum atomic E-state index is 9.79. The number of anilines is 1. The van der Waals surface area contributed by atoms with Crippen LogP contribution in [0.4, 0.5) is 5.82 Å². The fourth-order valence-corrected chi connectivity index (χ4v) is 2.82. The molecule has 1 aromatic heterocycles. The van der Waals surface area contributed by atoms with Gasteiger partial charge in [-0.3, -0.25) is 0 Å². The minimum atomic E-state index is -0.0832. The summed E-state index contributed by atoms with van der Waals surface area (Å²) in [6.07, 6.45) is 2.60. The van der Waals surface area contributed by atoms with E-state index in [-0.39, 0.29) is 12.6 Å². The lowest BCUT2D eigenvalue weighted by molar-refractivity contribution is 0.273. The Morgan fingerprint density at radius 3 is 2.50 bits per heavy atom. The first kappa shape index (κ1) is 16.4. The number of hydrogen-bond acceptors (Lipinski definition) is 4. The predicted octanol–water partition coefficient (Wildman–Crippen LogP) is 3.60. The molecule has 2 aromatic carbocycles. The summed E-state index contributed by atoms with van der Waals surface area (Å²) in [6.45, 7) is 2.17. The van der Waals surface area contributed by atoms with Crippen molar-refractivity contribution in [1.29, 1.82) is 0 Å². The molecule has 0 amide bonds. The van der Waals surface area contributed by atoms with E-state index in [0.717, 1.165) is 41.8 Å². The Kier molecular flexibility index (Phi) is 5.39. The van der Waals surface area contributed by atoms with E-state index in [4.69, 9.17) is 0 Å². The molecule has 4 heteroatoms. The number of aliphatic hydroxyl groups is 1. The molecule has 0 aliphatic carbocycles. The van der Waals surface area contributed by atoms with Crippen molar-refractivity contribution >= 4 is 16.7 Å². The number of hydrogen-bond donors (Lipinski definition) is 2. The van der Waals surface area contributed by atoms with E-state index in [2.05, 4.69) is 34.3 Å². The minimum Gasteiger partial charge on any atom is -0.394 e. The van der Waals surface area contributed by atoms with Crippen LogP contribution in [0.1, 0.15) is 24.7 Å². The normalized spacial score (nSPS) is 12.2. The maximum Gasteiger partial charge on any atom is 0.137 e. The summed E-state index contributed by atoms with van der Waals surface area (Å²) in [6, 6.07) is 18.1. The van der Waals surface area contributed by atoms with Gasteiger partial charge in [0.15, 0.2) is 0 Å². The fourth-order valence-electron chi connectivity index (χ4n) is 2.82. The Bertz CT molecular complexity index is 789. The van der Waals surface area contributed by atoms with Gasteiger partial charge in [-0.05, 0) is 30.5 Å². The van der Waals surface area contributed by atoms with E-state index < -0.39 is 0 Å². The summed E-state index contributed by atoms with van der Waals surface area (Å²) in [4.78, 5) is 9.32. The molecule has 0 unspecified atom stereocenters. The Balaban J connectivity index is 1.89. The second-order valence-electron chi connectivity index (χ2n) is 5.97. The first-order chi connectivity index (χ1) is 11.8. The third kappa shape index (κ3) is 3.89. The van der Waals surface area contributed by atoms with Crippen molar-refractivity contribution in [2.45, 2.75) is 32.2 Å². The molecule has 124 valence electrons. The van der Waals surface area contributed by atoms with Gasteiger partial charge in [0, 0.05) is 11.8 Å². The zero-order valence-electron chi connectivity index (χ0n) is 13.9. The smallest absolute Gasteiger partial charge is 0.137 e. The second-order valence-corrected chi connectivity index (χ2v) is 5.97. The molecule has 0 aliphatic heterocycles. The second kappa shape index (κ2) is 7.88. The van der Waals surface area contributed by atoms with Crippen LogP contribution < -0.4 is 5.32 Å². The Hall–Kier alpha value is -2.46. The van der Waals surface area contributed by atoms with Gasteiger partial charge in [-0.25, -0.2) is 9.97 Å². The lowest BCUT2D eigenvalue weighted by atomic mass is 10.1. The highest BCUT2D eigenvalue weighted by Crippen LogP contribution is 2.22. The van der Waals surface area contributed by atoms with E-state index >= 15 is 0 Å². The SMILES string of the molecule is CCCc1nc(N[C@H](CO)Cc2ccccc2)c2ccccc2n1. The van der Waals surface area contributed by atoms with Crippen molar-refractivity contribution in [3.8, 4) is 0 Å². The lowest BCUT2D eigenvalue weighted by Crippen LogP contribution is -2.27. The van der Waals surface area contributed by atoms with Crippen LogP contribution in [0.5, 0.6) is 0 Å². The standard InChI is InChI=1S/C20H23N3O/c1-2-8-19-22-18-12-7-6-11-17(18)20(23-19)21-16(14-24)13-15-9-4-3-5-10-15/h3-7,9-12,16,24H,2,8,13-14H2,1H3,(H,21,22,23)/t16-/m0/s1. The van der Waals surface area contributed by atoms with E-state index in [1.54, 1.807) is 0 Å². The molecule has 0 aliphatic rings. The van der Waals surface area contributed by atoms with E-state index in [9.17, 15) is 5.11 Å². The zero-order valence-corrected chi connectivity index (χ0v) is 13.9. The van der Waals surface area contributed by atoms with Crippen LogP contribution in [-0.2, 0) is 12.8 Å². The summed E-state index contributed by atoms with van der Waals surface area (Å²) in [5.41, 5.74) is 2.13. The largest absolute Gasteiger partial charge is 0.394 e. The summed E-state index contributed by atoms with van der Waals surface area (Å²) in [5.74, 6) is 1.65. The molecule has 0 fully saturated rings. The van der Waals surface area contributed by atoms with Crippen LogP contribution in [0.2, 0.25) is 0 Å². The van der Waals surface area contributed by atoms with Gasteiger partial charge >= 0.3 is 0 Å². The highest BCUT2D eigenvalue weighted by molar-refractivity contribution is 5.89. The van der Waals surface area contributed by atoms with Crippen LogP contribution in [0, 0.1) is 0 Å². The monoisotopic (exact) mass is 321 g/mol. The number of rotatable bonds is 7. The van der Waals surface area contributed by atoms with Crippen molar-refractivity contribution < 1.29 is 5.11 Å². The molecule has 3 aromatic rings. The highest BCUT2D eigenvalue weighted by Gasteiger charge is 2.13. The quantitative estimate of drug-likeness (QED) is 0.698. The zero-order chi connectivity index (χ0) is 16.8. The average Bonchev–Trinajstić information content (AvgIpc) is 2.62. The summed E-state index contributed by atoms with van der Waals surface area (Å²) >= 11 is 0. The number of benzene rings is 2. The topological polar surface area (TPSA) is 58.0 Å². The van der Waals surface area contributed by atoms with Gasteiger partial charge in [-0.15, -0.1) is 0 Å².